The Labute approximate surface area is 129 Å². The maximum absolute atomic E-state index is 12.9. The van der Waals surface area contributed by atoms with Gasteiger partial charge in [0.1, 0.15) is 6.04 Å². The van der Waals surface area contributed by atoms with Crippen LogP contribution in [0.1, 0.15) is 52.9 Å². The zero-order valence-electron chi connectivity index (χ0n) is 12.4. The van der Waals surface area contributed by atoms with Gasteiger partial charge in [-0.05, 0) is 50.5 Å². The third kappa shape index (κ3) is 2.71. The van der Waals surface area contributed by atoms with Crippen molar-refractivity contribution < 1.29 is 14.3 Å². The van der Waals surface area contributed by atoms with Crippen LogP contribution in [0.15, 0.2) is 5.38 Å². The second-order valence-electron chi connectivity index (χ2n) is 5.79. The van der Waals surface area contributed by atoms with Gasteiger partial charge < -0.3 is 9.64 Å². The number of amides is 1. The molecule has 0 saturated carbocycles. The van der Waals surface area contributed by atoms with Gasteiger partial charge in [0.2, 0.25) is 0 Å². The Hall–Kier alpha value is -1.36. The normalized spacial score (nSPS) is 21.8. The molecule has 0 bridgehead atoms. The number of carbonyl (C=O) groups is 2. The van der Waals surface area contributed by atoms with Crippen molar-refractivity contribution in [3.05, 3.63) is 21.4 Å². The molecule has 1 fully saturated rings. The molecule has 0 radical (unpaired) electrons. The van der Waals surface area contributed by atoms with Gasteiger partial charge in [-0.2, -0.15) is 0 Å². The van der Waals surface area contributed by atoms with Crippen LogP contribution in [0.25, 0.3) is 0 Å². The van der Waals surface area contributed by atoms with Gasteiger partial charge in [-0.15, -0.1) is 11.3 Å². The Morgan fingerprint density at radius 2 is 2.05 bits per heavy atom. The predicted molar refractivity (Wildman–Crippen MR) is 81.7 cm³/mol. The first-order chi connectivity index (χ1) is 10.2. The van der Waals surface area contributed by atoms with Crippen molar-refractivity contribution >= 4 is 23.2 Å². The van der Waals surface area contributed by atoms with Crippen molar-refractivity contribution in [2.24, 2.45) is 0 Å². The van der Waals surface area contributed by atoms with Gasteiger partial charge >= 0.3 is 5.97 Å². The lowest BCUT2D eigenvalue weighted by molar-refractivity contribution is -0.147. The highest BCUT2D eigenvalue weighted by atomic mass is 32.1. The molecule has 1 amide bonds. The number of carbonyl (C=O) groups excluding carboxylic acids is 2. The van der Waals surface area contributed by atoms with E-state index in [-0.39, 0.29) is 11.9 Å². The van der Waals surface area contributed by atoms with Gasteiger partial charge in [-0.25, -0.2) is 4.79 Å². The average Bonchev–Trinajstić information content (AvgIpc) is 2.97. The van der Waals surface area contributed by atoms with Gasteiger partial charge in [-0.3, -0.25) is 4.79 Å². The summed E-state index contributed by atoms with van der Waals surface area (Å²) in [6.45, 7) is 0.656. The first kappa shape index (κ1) is 14.6. The standard InChI is InChI=1S/C16H21NO3S/c1-20-16(19)13-7-4-5-9-17(13)15(18)12-10-21-14-8-3-2-6-11(12)14/h10,13H,2-9H2,1H3/t13-/m1/s1. The molecule has 2 aliphatic rings. The number of nitrogens with zero attached hydrogens (tertiary/aromatic N) is 1. The molecule has 5 heteroatoms. The lowest BCUT2D eigenvalue weighted by Crippen LogP contribution is -2.48. The first-order valence-electron chi connectivity index (χ1n) is 7.70. The molecule has 1 saturated heterocycles. The van der Waals surface area contributed by atoms with E-state index in [0.717, 1.165) is 37.7 Å². The number of hydrogen-bond acceptors (Lipinski definition) is 4. The van der Waals surface area contributed by atoms with E-state index < -0.39 is 6.04 Å². The highest BCUT2D eigenvalue weighted by Crippen LogP contribution is 2.32. The van der Waals surface area contributed by atoms with Gasteiger partial charge in [0.15, 0.2) is 0 Å². The molecule has 0 unspecified atom stereocenters. The topological polar surface area (TPSA) is 46.6 Å². The summed E-state index contributed by atoms with van der Waals surface area (Å²) < 4.78 is 4.87. The van der Waals surface area contributed by atoms with Crippen LogP contribution in [-0.2, 0) is 22.4 Å². The van der Waals surface area contributed by atoms with Crippen molar-refractivity contribution in [2.45, 2.75) is 51.0 Å². The van der Waals surface area contributed by atoms with Crippen molar-refractivity contribution in [1.82, 2.24) is 4.90 Å². The van der Waals surface area contributed by atoms with Crippen LogP contribution in [0.3, 0.4) is 0 Å². The monoisotopic (exact) mass is 307 g/mol. The second kappa shape index (κ2) is 6.18. The minimum atomic E-state index is -0.407. The van der Waals surface area contributed by atoms with E-state index in [0.29, 0.717) is 13.0 Å². The highest BCUT2D eigenvalue weighted by molar-refractivity contribution is 7.10. The number of hydrogen-bond donors (Lipinski definition) is 0. The molecule has 1 aromatic heterocycles. The largest absolute Gasteiger partial charge is 0.467 e. The fourth-order valence-corrected chi connectivity index (χ4v) is 4.50. The van der Waals surface area contributed by atoms with Crippen molar-refractivity contribution in [3.8, 4) is 0 Å². The number of piperidine rings is 1. The van der Waals surface area contributed by atoms with Crippen molar-refractivity contribution in [3.63, 3.8) is 0 Å². The molecular weight excluding hydrogens is 286 g/mol. The number of rotatable bonds is 2. The highest BCUT2D eigenvalue weighted by Gasteiger charge is 2.35. The maximum atomic E-state index is 12.9. The van der Waals surface area contributed by atoms with Crippen LogP contribution in [0.2, 0.25) is 0 Å². The first-order valence-corrected chi connectivity index (χ1v) is 8.58. The number of thiophene rings is 1. The molecule has 114 valence electrons. The number of aryl methyl sites for hydroxylation is 1. The van der Waals surface area contributed by atoms with E-state index in [2.05, 4.69) is 0 Å². The Kier molecular flexibility index (Phi) is 4.29. The Balaban J connectivity index is 1.86. The maximum Gasteiger partial charge on any atom is 0.328 e. The van der Waals surface area contributed by atoms with E-state index >= 15 is 0 Å². The minimum absolute atomic E-state index is 0.0181. The SMILES string of the molecule is COC(=O)[C@H]1CCCCN1C(=O)c1csc2c1CCCC2. The quantitative estimate of drug-likeness (QED) is 0.789. The van der Waals surface area contributed by atoms with Crippen LogP contribution < -0.4 is 0 Å². The zero-order valence-corrected chi connectivity index (χ0v) is 13.2. The number of esters is 1. The Bertz CT molecular complexity index is 552. The third-order valence-electron chi connectivity index (χ3n) is 4.53. The lowest BCUT2D eigenvalue weighted by Gasteiger charge is -2.34. The van der Waals surface area contributed by atoms with Gasteiger partial charge in [-0.1, -0.05) is 0 Å². The molecule has 4 nitrogen and oxygen atoms in total. The van der Waals surface area contributed by atoms with Gasteiger partial charge in [0.25, 0.3) is 5.91 Å². The van der Waals surface area contributed by atoms with E-state index in [9.17, 15) is 9.59 Å². The van der Waals surface area contributed by atoms with Crippen LogP contribution in [0, 0.1) is 0 Å². The summed E-state index contributed by atoms with van der Waals surface area (Å²) in [6, 6.07) is -0.407. The summed E-state index contributed by atoms with van der Waals surface area (Å²) >= 11 is 1.70. The van der Waals surface area contributed by atoms with Gasteiger partial charge in [0.05, 0.1) is 12.7 Å². The van der Waals surface area contributed by atoms with Crippen LogP contribution >= 0.6 is 11.3 Å². The predicted octanol–water partition coefficient (Wildman–Crippen LogP) is 2.79. The Morgan fingerprint density at radius 1 is 1.24 bits per heavy atom. The summed E-state index contributed by atoms with van der Waals surface area (Å²) in [5.74, 6) is -0.267. The second-order valence-corrected chi connectivity index (χ2v) is 6.76. The van der Waals surface area contributed by atoms with Crippen LogP contribution in [0.4, 0.5) is 0 Å². The zero-order chi connectivity index (χ0) is 14.8. The number of ether oxygens (including phenoxy) is 1. The van der Waals surface area contributed by atoms with Crippen LogP contribution in [-0.4, -0.2) is 36.5 Å². The minimum Gasteiger partial charge on any atom is -0.467 e. The van der Waals surface area contributed by atoms with E-state index in [1.165, 1.54) is 24.0 Å². The molecule has 2 heterocycles. The number of methoxy groups -OCH3 is 1. The molecule has 0 spiro atoms. The smallest absolute Gasteiger partial charge is 0.328 e. The fourth-order valence-electron chi connectivity index (χ4n) is 3.38. The lowest BCUT2D eigenvalue weighted by atomic mass is 9.94. The molecule has 1 atom stereocenters. The third-order valence-corrected chi connectivity index (χ3v) is 5.62. The van der Waals surface area contributed by atoms with E-state index in [1.807, 2.05) is 5.38 Å². The van der Waals surface area contributed by atoms with Crippen molar-refractivity contribution in [1.29, 1.82) is 0 Å². The fraction of sp³-hybridized carbons (Fsp3) is 0.625. The Morgan fingerprint density at radius 3 is 2.86 bits per heavy atom. The van der Waals surface area contributed by atoms with E-state index in [4.69, 9.17) is 4.74 Å². The molecule has 1 aliphatic carbocycles. The molecule has 1 aliphatic heterocycles. The van der Waals surface area contributed by atoms with Crippen LogP contribution in [0.5, 0.6) is 0 Å². The summed E-state index contributed by atoms with van der Waals surface area (Å²) in [5, 5.41) is 1.99. The summed E-state index contributed by atoms with van der Waals surface area (Å²) in [4.78, 5) is 27.9. The number of fused-ring (bicyclic) bond motifs is 1. The summed E-state index contributed by atoms with van der Waals surface area (Å²) in [6.07, 6.45) is 7.12. The molecular formula is C16H21NO3S. The summed E-state index contributed by atoms with van der Waals surface area (Å²) in [7, 11) is 1.39. The van der Waals surface area contributed by atoms with Gasteiger partial charge in [0, 0.05) is 16.8 Å². The molecule has 3 rings (SSSR count). The summed E-state index contributed by atoms with van der Waals surface area (Å²) in [5.41, 5.74) is 2.05. The molecule has 21 heavy (non-hydrogen) atoms. The molecule has 0 aromatic carbocycles. The van der Waals surface area contributed by atoms with E-state index in [1.54, 1.807) is 16.2 Å². The molecule has 1 aromatic rings. The average molecular weight is 307 g/mol. The number of likely N-dealkylation sites (tertiary alicyclic amines) is 1. The molecule has 0 N–H and O–H groups in total. The van der Waals surface area contributed by atoms with Crippen molar-refractivity contribution in [2.75, 3.05) is 13.7 Å².